The van der Waals surface area contributed by atoms with E-state index in [0.717, 1.165) is 0 Å². The van der Waals surface area contributed by atoms with Gasteiger partial charge in [0.15, 0.2) is 6.10 Å². The van der Waals surface area contributed by atoms with Gasteiger partial charge in [-0.15, -0.1) is 0 Å². The molecule has 1 aromatic heterocycles. The van der Waals surface area contributed by atoms with Crippen LogP contribution in [-0.2, 0) is 4.79 Å². The Labute approximate surface area is 89.8 Å². The van der Waals surface area contributed by atoms with Gasteiger partial charge in [0.05, 0.1) is 11.0 Å². The first-order valence-corrected chi connectivity index (χ1v) is 4.43. The van der Waals surface area contributed by atoms with Crippen LogP contribution in [0.4, 0.5) is 0 Å². The molecule has 0 spiro atoms. The maximum atomic E-state index is 10.7. The molecule has 1 heterocycles. The molecule has 1 aromatic carbocycles. The zero-order valence-corrected chi connectivity index (χ0v) is 8.01. The summed E-state index contributed by atoms with van der Waals surface area (Å²) in [7, 11) is 0. The molecule has 0 radical (unpaired) electrons. The van der Waals surface area contributed by atoms with Crippen LogP contribution in [0.3, 0.4) is 0 Å². The molecule has 1 atom stereocenters. The Hall–Kier alpha value is -2.39. The summed E-state index contributed by atoms with van der Waals surface area (Å²) >= 11 is 0. The quantitative estimate of drug-likeness (QED) is 0.680. The second-order valence-corrected chi connectivity index (χ2v) is 3.18. The molecule has 0 saturated carbocycles. The average molecular weight is 217 g/mol. The number of para-hydroxylation sites is 1. The van der Waals surface area contributed by atoms with Crippen molar-refractivity contribution in [2.45, 2.75) is 6.10 Å². The number of carbonyl (C=O) groups is 1. The molecule has 6 heteroatoms. The number of aromatic nitrogens is 2. The zero-order valence-electron chi connectivity index (χ0n) is 8.01. The molecule has 0 aliphatic rings. The minimum Gasteiger partial charge on any atom is -0.479 e. The van der Waals surface area contributed by atoms with Gasteiger partial charge in [0.1, 0.15) is 6.07 Å². The molecule has 0 amide bonds. The summed E-state index contributed by atoms with van der Waals surface area (Å²) in [5, 5.41) is 26.8. The van der Waals surface area contributed by atoms with Gasteiger partial charge in [-0.1, -0.05) is 12.1 Å². The highest BCUT2D eigenvalue weighted by Crippen LogP contribution is 2.22. The molecular weight excluding hydrogens is 210 g/mol. The Morgan fingerprint density at radius 1 is 1.56 bits per heavy atom. The van der Waals surface area contributed by atoms with Gasteiger partial charge >= 0.3 is 5.97 Å². The molecule has 2 aromatic rings. The SMILES string of the molecule is N#Cc1nc2c(C(O)C(=O)O)cccc2[nH]1. The summed E-state index contributed by atoms with van der Waals surface area (Å²) in [5.74, 6) is -1.27. The fourth-order valence-electron chi connectivity index (χ4n) is 1.46. The lowest BCUT2D eigenvalue weighted by Gasteiger charge is -2.05. The van der Waals surface area contributed by atoms with E-state index in [0.29, 0.717) is 11.0 Å². The highest BCUT2D eigenvalue weighted by molar-refractivity contribution is 5.85. The van der Waals surface area contributed by atoms with Gasteiger partial charge < -0.3 is 15.2 Å². The smallest absolute Gasteiger partial charge is 0.337 e. The number of aliphatic hydroxyl groups is 1. The van der Waals surface area contributed by atoms with Crippen molar-refractivity contribution in [3.8, 4) is 6.07 Å². The van der Waals surface area contributed by atoms with Gasteiger partial charge in [-0.05, 0) is 6.07 Å². The van der Waals surface area contributed by atoms with Crippen molar-refractivity contribution >= 4 is 17.0 Å². The maximum Gasteiger partial charge on any atom is 0.337 e. The molecule has 3 N–H and O–H groups in total. The van der Waals surface area contributed by atoms with Gasteiger partial charge in [0.25, 0.3) is 0 Å². The minimum absolute atomic E-state index is 0.0834. The van der Waals surface area contributed by atoms with E-state index in [1.165, 1.54) is 6.07 Å². The number of nitrogens with one attached hydrogen (secondary N) is 1. The Kier molecular flexibility index (Phi) is 2.31. The number of carboxylic acid groups (broad SMARTS) is 1. The summed E-state index contributed by atoms with van der Waals surface area (Å²) in [6.45, 7) is 0. The lowest BCUT2D eigenvalue weighted by molar-refractivity contribution is -0.146. The van der Waals surface area contributed by atoms with E-state index in [1.807, 2.05) is 6.07 Å². The first-order valence-electron chi connectivity index (χ1n) is 4.43. The fraction of sp³-hybridized carbons (Fsp3) is 0.100. The summed E-state index contributed by atoms with van der Waals surface area (Å²) in [6.07, 6.45) is -1.64. The van der Waals surface area contributed by atoms with Gasteiger partial charge in [-0.2, -0.15) is 5.26 Å². The fourth-order valence-corrected chi connectivity index (χ4v) is 1.46. The molecular formula is C10H7N3O3. The molecule has 6 nitrogen and oxygen atoms in total. The number of imidazole rings is 1. The number of benzene rings is 1. The van der Waals surface area contributed by atoms with Gasteiger partial charge in [-0.25, -0.2) is 9.78 Å². The Morgan fingerprint density at radius 2 is 2.31 bits per heavy atom. The summed E-state index contributed by atoms with van der Waals surface area (Å²) < 4.78 is 0. The number of hydrogen-bond acceptors (Lipinski definition) is 4. The van der Waals surface area contributed by atoms with Crippen molar-refractivity contribution in [3.63, 3.8) is 0 Å². The first kappa shape index (κ1) is 10.1. The largest absolute Gasteiger partial charge is 0.479 e. The van der Waals surface area contributed by atoms with Crippen LogP contribution in [0.15, 0.2) is 18.2 Å². The number of nitriles is 1. The predicted molar refractivity (Wildman–Crippen MR) is 53.4 cm³/mol. The Bertz CT molecular complexity index is 597. The number of aromatic amines is 1. The van der Waals surface area contributed by atoms with Crippen LogP contribution < -0.4 is 0 Å². The molecule has 0 aliphatic carbocycles. The highest BCUT2D eigenvalue weighted by Gasteiger charge is 2.20. The number of fused-ring (bicyclic) bond motifs is 1. The number of hydrogen-bond donors (Lipinski definition) is 3. The summed E-state index contributed by atoms with van der Waals surface area (Å²) in [5.41, 5.74) is 0.992. The second kappa shape index (κ2) is 3.64. The third kappa shape index (κ3) is 1.49. The molecule has 16 heavy (non-hydrogen) atoms. The Morgan fingerprint density at radius 3 is 2.94 bits per heavy atom. The van der Waals surface area contributed by atoms with E-state index >= 15 is 0 Å². The van der Waals surface area contributed by atoms with E-state index in [2.05, 4.69) is 9.97 Å². The van der Waals surface area contributed by atoms with Crippen LogP contribution >= 0.6 is 0 Å². The lowest BCUT2D eigenvalue weighted by Crippen LogP contribution is -2.10. The van der Waals surface area contributed by atoms with Crippen molar-refractivity contribution < 1.29 is 15.0 Å². The van der Waals surface area contributed by atoms with Crippen LogP contribution in [0.25, 0.3) is 11.0 Å². The molecule has 80 valence electrons. The molecule has 1 unspecified atom stereocenters. The first-order chi connectivity index (χ1) is 7.63. The van der Waals surface area contributed by atoms with Crippen molar-refractivity contribution in [2.75, 3.05) is 0 Å². The standard InChI is InChI=1S/C10H7N3O3/c11-4-7-12-6-3-1-2-5(8(6)13-7)9(14)10(15)16/h1-3,9,14H,(H,12,13)(H,15,16). The van der Waals surface area contributed by atoms with E-state index in [4.69, 9.17) is 10.4 Å². The van der Waals surface area contributed by atoms with E-state index in [-0.39, 0.29) is 11.4 Å². The van der Waals surface area contributed by atoms with Crippen LogP contribution in [0.1, 0.15) is 17.5 Å². The monoisotopic (exact) mass is 217 g/mol. The van der Waals surface area contributed by atoms with Crippen LogP contribution in [0, 0.1) is 11.3 Å². The molecule has 0 saturated heterocycles. The molecule has 0 fully saturated rings. The topological polar surface area (TPSA) is 110 Å². The van der Waals surface area contributed by atoms with E-state index < -0.39 is 12.1 Å². The normalized spacial score (nSPS) is 12.2. The summed E-state index contributed by atoms with van der Waals surface area (Å²) in [6, 6.07) is 6.52. The third-order valence-electron chi connectivity index (χ3n) is 2.18. The van der Waals surface area contributed by atoms with Gasteiger partial charge in [-0.3, -0.25) is 0 Å². The highest BCUT2D eigenvalue weighted by atomic mass is 16.4. The minimum atomic E-state index is -1.64. The van der Waals surface area contributed by atoms with Crippen molar-refractivity contribution in [3.05, 3.63) is 29.6 Å². The third-order valence-corrected chi connectivity index (χ3v) is 2.18. The number of rotatable bonds is 2. The number of aliphatic carboxylic acids is 1. The zero-order chi connectivity index (χ0) is 11.7. The van der Waals surface area contributed by atoms with Gasteiger partial charge in [0.2, 0.25) is 5.82 Å². The predicted octanol–water partition coefficient (Wildman–Crippen LogP) is 0.553. The van der Waals surface area contributed by atoms with Crippen molar-refractivity contribution in [2.24, 2.45) is 0 Å². The van der Waals surface area contributed by atoms with Crippen molar-refractivity contribution in [1.82, 2.24) is 9.97 Å². The van der Waals surface area contributed by atoms with E-state index in [9.17, 15) is 9.90 Å². The molecule has 0 bridgehead atoms. The van der Waals surface area contributed by atoms with Gasteiger partial charge in [0, 0.05) is 5.56 Å². The molecule has 2 rings (SSSR count). The van der Waals surface area contributed by atoms with Crippen LogP contribution in [0.5, 0.6) is 0 Å². The second-order valence-electron chi connectivity index (χ2n) is 3.18. The number of aliphatic hydroxyl groups excluding tert-OH is 1. The van der Waals surface area contributed by atoms with Crippen LogP contribution in [-0.4, -0.2) is 26.2 Å². The summed E-state index contributed by atoms with van der Waals surface area (Å²) in [4.78, 5) is 17.3. The maximum absolute atomic E-state index is 10.7. The number of H-pyrrole nitrogens is 1. The number of nitrogens with zero attached hydrogens (tertiary/aromatic N) is 2. The number of carboxylic acids is 1. The van der Waals surface area contributed by atoms with E-state index in [1.54, 1.807) is 12.1 Å². The lowest BCUT2D eigenvalue weighted by atomic mass is 10.1. The molecule has 0 aliphatic heterocycles. The van der Waals surface area contributed by atoms with Crippen LogP contribution in [0.2, 0.25) is 0 Å². The average Bonchev–Trinajstić information content (AvgIpc) is 2.70. The van der Waals surface area contributed by atoms with Crippen molar-refractivity contribution in [1.29, 1.82) is 5.26 Å². The Balaban J connectivity index is 2.66.